The van der Waals surface area contributed by atoms with Gasteiger partial charge in [0.1, 0.15) is 6.54 Å². The molecule has 1 saturated carbocycles. The number of nitrogens with two attached hydrogens (primary N) is 1. The van der Waals surface area contributed by atoms with Crippen LogP contribution in [-0.4, -0.2) is 53.2 Å². The van der Waals surface area contributed by atoms with Crippen LogP contribution in [0.2, 0.25) is 0 Å². The Balaban J connectivity index is 1.98. The van der Waals surface area contributed by atoms with Crippen molar-refractivity contribution in [2.75, 3.05) is 13.6 Å². The van der Waals surface area contributed by atoms with Crippen molar-refractivity contribution in [3.05, 3.63) is 0 Å². The number of likely N-dealkylation sites (N-methyl/N-ethyl adjacent to an activating group) is 1. The highest BCUT2D eigenvalue weighted by molar-refractivity contribution is 6.03. The Morgan fingerprint density at radius 3 is 2.65 bits per heavy atom. The topological polar surface area (TPSA) is 83.7 Å². The molecule has 3 amide bonds. The van der Waals surface area contributed by atoms with Crippen LogP contribution in [0.4, 0.5) is 0 Å². The van der Waals surface area contributed by atoms with Crippen LogP contribution in [0.15, 0.2) is 0 Å². The van der Waals surface area contributed by atoms with Gasteiger partial charge in [-0.15, -0.1) is 0 Å². The quantitative estimate of drug-likeness (QED) is 0.646. The van der Waals surface area contributed by atoms with Crippen LogP contribution in [-0.2, 0) is 14.4 Å². The number of hydrogen-bond donors (Lipinski definition) is 1. The summed E-state index contributed by atoms with van der Waals surface area (Å²) >= 11 is 0. The minimum atomic E-state index is -0.647. The van der Waals surface area contributed by atoms with Crippen LogP contribution < -0.4 is 5.73 Å². The van der Waals surface area contributed by atoms with Crippen molar-refractivity contribution in [3.8, 4) is 0 Å². The molecule has 0 aromatic carbocycles. The second-order valence-corrected chi connectivity index (χ2v) is 4.70. The van der Waals surface area contributed by atoms with E-state index in [0.29, 0.717) is 6.42 Å². The first-order chi connectivity index (χ1) is 8.00. The molecule has 1 saturated heterocycles. The lowest BCUT2D eigenvalue weighted by Crippen LogP contribution is -2.54. The predicted molar refractivity (Wildman–Crippen MR) is 59.7 cm³/mol. The van der Waals surface area contributed by atoms with E-state index in [1.54, 1.807) is 11.9 Å². The lowest BCUT2D eigenvalue weighted by atomic mass is 10.1. The van der Waals surface area contributed by atoms with Gasteiger partial charge in [0.25, 0.3) is 0 Å². The van der Waals surface area contributed by atoms with Crippen molar-refractivity contribution >= 4 is 17.7 Å². The van der Waals surface area contributed by atoms with Gasteiger partial charge in [-0.2, -0.15) is 0 Å². The van der Waals surface area contributed by atoms with E-state index in [1.807, 2.05) is 0 Å². The van der Waals surface area contributed by atoms with Gasteiger partial charge in [-0.3, -0.25) is 19.3 Å². The summed E-state index contributed by atoms with van der Waals surface area (Å²) in [5.41, 5.74) is 5.59. The zero-order valence-corrected chi connectivity index (χ0v) is 9.89. The van der Waals surface area contributed by atoms with Gasteiger partial charge in [0, 0.05) is 19.5 Å². The van der Waals surface area contributed by atoms with Crippen molar-refractivity contribution < 1.29 is 14.4 Å². The minimum absolute atomic E-state index is 0.168. The molecule has 2 fully saturated rings. The van der Waals surface area contributed by atoms with Crippen molar-refractivity contribution in [1.29, 1.82) is 0 Å². The summed E-state index contributed by atoms with van der Waals surface area (Å²) in [5.74, 6) is -0.920. The van der Waals surface area contributed by atoms with Crippen LogP contribution in [0.1, 0.15) is 25.7 Å². The van der Waals surface area contributed by atoms with Gasteiger partial charge in [-0.25, -0.2) is 0 Å². The van der Waals surface area contributed by atoms with Gasteiger partial charge < -0.3 is 10.6 Å². The maximum absolute atomic E-state index is 11.8. The zero-order chi connectivity index (χ0) is 12.6. The van der Waals surface area contributed by atoms with E-state index in [0.717, 1.165) is 17.7 Å². The summed E-state index contributed by atoms with van der Waals surface area (Å²) in [5, 5.41) is 0. The average Bonchev–Trinajstić information content (AvgIpc) is 3.12. The summed E-state index contributed by atoms with van der Waals surface area (Å²) in [7, 11) is 1.71. The molecule has 2 rings (SSSR count). The van der Waals surface area contributed by atoms with E-state index in [1.165, 1.54) is 0 Å². The maximum Gasteiger partial charge on any atom is 0.246 e. The smallest absolute Gasteiger partial charge is 0.246 e. The Labute approximate surface area is 99.7 Å². The molecule has 6 heteroatoms. The highest BCUT2D eigenvalue weighted by Crippen LogP contribution is 2.25. The third-order valence-electron chi connectivity index (χ3n) is 3.33. The zero-order valence-electron chi connectivity index (χ0n) is 9.89. The highest BCUT2D eigenvalue weighted by Gasteiger charge is 2.36. The molecule has 1 unspecified atom stereocenters. The molecule has 1 heterocycles. The fourth-order valence-electron chi connectivity index (χ4n) is 1.94. The molecular formula is C11H17N3O3. The molecule has 1 atom stereocenters. The fraction of sp³-hybridized carbons (Fsp3) is 0.727. The number of hydrogen-bond acceptors (Lipinski definition) is 4. The summed E-state index contributed by atoms with van der Waals surface area (Å²) in [6, 6.07) is -0.363. The van der Waals surface area contributed by atoms with Gasteiger partial charge in [-0.05, 0) is 19.3 Å². The second kappa shape index (κ2) is 4.44. The lowest BCUT2D eigenvalue weighted by Gasteiger charge is -2.29. The second-order valence-electron chi connectivity index (χ2n) is 4.70. The van der Waals surface area contributed by atoms with E-state index in [-0.39, 0.29) is 30.8 Å². The molecule has 17 heavy (non-hydrogen) atoms. The van der Waals surface area contributed by atoms with E-state index in [2.05, 4.69) is 0 Å². The molecule has 0 bridgehead atoms. The van der Waals surface area contributed by atoms with Crippen molar-refractivity contribution in [2.45, 2.75) is 37.8 Å². The molecule has 0 spiro atoms. The Hall–Kier alpha value is -1.43. The third kappa shape index (κ3) is 2.46. The molecule has 2 aliphatic rings. The number of carbonyl (C=O) groups is 3. The number of likely N-dealkylation sites (tertiary alicyclic amines) is 1. The number of piperidine rings is 1. The number of carbonyl (C=O) groups excluding carboxylic acids is 3. The molecule has 1 aliphatic heterocycles. The molecule has 2 N–H and O–H groups in total. The highest BCUT2D eigenvalue weighted by atomic mass is 16.2. The van der Waals surface area contributed by atoms with E-state index in [4.69, 9.17) is 5.73 Å². The van der Waals surface area contributed by atoms with Crippen molar-refractivity contribution in [1.82, 2.24) is 9.80 Å². The standard InChI is InChI=1S/C11H17N3O3/c1-13(7-2-3-7)10(16)6-14-9(15)5-4-8(12)11(14)17/h7-8H,2-6,12H2,1H3. The summed E-state index contributed by atoms with van der Waals surface area (Å²) in [6.07, 6.45) is 2.63. The van der Waals surface area contributed by atoms with Crippen LogP contribution in [0.25, 0.3) is 0 Å². The van der Waals surface area contributed by atoms with Gasteiger partial charge >= 0.3 is 0 Å². The van der Waals surface area contributed by atoms with Gasteiger partial charge in [0.2, 0.25) is 17.7 Å². The third-order valence-corrected chi connectivity index (χ3v) is 3.33. The van der Waals surface area contributed by atoms with E-state index >= 15 is 0 Å². The molecule has 94 valence electrons. The summed E-state index contributed by atoms with van der Waals surface area (Å²) in [4.78, 5) is 37.7. The lowest BCUT2D eigenvalue weighted by molar-refractivity contribution is -0.153. The normalized spacial score (nSPS) is 25.1. The first-order valence-corrected chi connectivity index (χ1v) is 5.86. The first kappa shape index (κ1) is 12.0. The van der Waals surface area contributed by atoms with Crippen molar-refractivity contribution in [2.24, 2.45) is 5.73 Å². The van der Waals surface area contributed by atoms with Crippen LogP contribution in [0.3, 0.4) is 0 Å². The SMILES string of the molecule is CN(C(=O)CN1C(=O)CCC(N)C1=O)C1CC1. The van der Waals surface area contributed by atoms with E-state index < -0.39 is 11.9 Å². The molecule has 6 nitrogen and oxygen atoms in total. The molecule has 0 radical (unpaired) electrons. The number of amides is 3. The predicted octanol–water partition coefficient (Wildman–Crippen LogP) is -0.916. The van der Waals surface area contributed by atoms with Gasteiger partial charge in [-0.1, -0.05) is 0 Å². The maximum atomic E-state index is 11.8. The largest absolute Gasteiger partial charge is 0.341 e. The number of imide groups is 1. The number of rotatable bonds is 3. The Kier molecular flexibility index (Phi) is 3.15. The first-order valence-electron chi connectivity index (χ1n) is 5.86. The van der Waals surface area contributed by atoms with Crippen LogP contribution >= 0.6 is 0 Å². The average molecular weight is 239 g/mol. The Morgan fingerprint density at radius 1 is 1.41 bits per heavy atom. The monoisotopic (exact) mass is 239 g/mol. The molecule has 0 aromatic rings. The van der Waals surface area contributed by atoms with Crippen LogP contribution in [0.5, 0.6) is 0 Å². The van der Waals surface area contributed by atoms with E-state index in [9.17, 15) is 14.4 Å². The Bertz CT molecular complexity index is 365. The van der Waals surface area contributed by atoms with Crippen LogP contribution in [0, 0.1) is 0 Å². The molecular weight excluding hydrogens is 222 g/mol. The van der Waals surface area contributed by atoms with Gasteiger partial charge in [0.15, 0.2) is 0 Å². The summed E-state index contributed by atoms with van der Waals surface area (Å²) in [6.45, 7) is -0.168. The molecule has 0 aromatic heterocycles. The number of nitrogens with zero attached hydrogens (tertiary/aromatic N) is 2. The summed E-state index contributed by atoms with van der Waals surface area (Å²) < 4.78 is 0. The fourth-order valence-corrected chi connectivity index (χ4v) is 1.94. The van der Waals surface area contributed by atoms with Gasteiger partial charge in [0.05, 0.1) is 6.04 Å². The minimum Gasteiger partial charge on any atom is -0.341 e. The Morgan fingerprint density at radius 2 is 2.06 bits per heavy atom. The van der Waals surface area contributed by atoms with Crippen molar-refractivity contribution in [3.63, 3.8) is 0 Å². The molecule has 1 aliphatic carbocycles.